The summed E-state index contributed by atoms with van der Waals surface area (Å²) in [6.45, 7) is 0. The molecule has 1 fully saturated rings. The van der Waals surface area contributed by atoms with Gasteiger partial charge in [-0.2, -0.15) is 13.2 Å². The van der Waals surface area contributed by atoms with E-state index in [1.165, 1.54) is 0 Å². The van der Waals surface area contributed by atoms with E-state index in [0.717, 1.165) is 34.7 Å². The molecule has 1 unspecified atom stereocenters. The summed E-state index contributed by atoms with van der Waals surface area (Å²) in [5.74, 6) is -3.25. The maximum atomic E-state index is 15.1. The number of aliphatic imine (C=N–C) groups is 1. The summed E-state index contributed by atoms with van der Waals surface area (Å²) in [5.41, 5.74) is 0.901. The molecular formula is C22H12F5N3O2S. The quantitative estimate of drug-likeness (QED) is 0.385. The number of benzene rings is 2. The Bertz CT molecular complexity index is 1330. The average Bonchev–Trinajstić information content (AvgIpc) is 3.46. The minimum atomic E-state index is -4.58. The first-order chi connectivity index (χ1) is 15.6. The van der Waals surface area contributed by atoms with Gasteiger partial charge in [0.15, 0.2) is 0 Å². The summed E-state index contributed by atoms with van der Waals surface area (Å²) < 4.78 is 68.8. The second kappa shape index (κ2) is 7.48. The Kier molecular flexibility index (Phi) is 4.82. The van der Waals surface area contributed by atoms with Gasteiger partial charge in [0.25, 0.3) is 5.91 Å². The molecule has 0 aliphatic carbocycles. The molecule has 0 spiro atoms. The highest BCUT2D eigenvalue weighted by Gasteiger charge is 2.44. The van der Waals surface area contributed by atoms with Crippen LogP contribution in [-0.4, -0.2) is 18.2 Å². The highest BCUT2D eigenvalue weighted by atomic mass is 32.1. The van der Waals surface area contributed by atoms with Crippen LogP contribution in [0.3, 0.4) is 0 Å². The normalized spacial score (nSPS) is 17.6. The first-order valence-corrected chi connectivity index (χ1v) is 10.4. The van der Waals surface area contributed by atoms with E-state index in [1.807, 2.05) is 0 Å². The fourth-order valence-electron chi connectivity index (χ4n) is 3.87. The molecule has 0 bridgehead atoms. The number of alkyl halides is 3. The van der Waals surface area contributed by atoms with Crippen molar-refractivity contribution in [3.05, 3.63) is 70.1 Å². The predicted molar refractivity (Wildman–Crippen MR) is 112 cm³/mol. The van der Waals surface area contributed by atoms with Crippen LogP contribution in [0.1, 0.15) is 22.0 Å². The molecule has 5 nitrogen and oxygen atoms in total. The van der Waals surface area contributed by atoms with Crippen molar-refractivity contribution in [3.8, 4) is 10.4 Å². The van der Waals surface area contributed by atoms with Gasteiger partial charge in [0.05, 0.1) is 11.3 Å². The van der Waals surface area contributed by atoms with Gasteiger partial charge in [0.1, 0.15) is 22.6 Å². The van der Waals surface area contributed by atoms with Gasteiger partial charge in [-0.3, -0.25) is 20.0 Å². The van der Waals surface area contributed by atoms with Crippen molar-refractivity contribution in [1.82, 2.24) is 5.32 Å². The summed E-state index contributed by atoms with van der Waals surface area (Å²) in [6, 6.07) is 5.94. The van der Waals surface area contributed by atoms with E-state index in [0.29, 0.717) is 23.4 Å². The minimum Gasteiger partial charge on any atom is -0.277 e. The largest absolute Gasteiger partial charge is 0.425 e. The number of hydrogen-bond donors (Lipinski definition) is 1. The van der Waals surface area contributed by atoms with Gasteiger partial charge in [-0.25, -0.2) is 13.6 Å². The number of fused-ring (bicyclic) bond motifs is 1. The summed E-state index contributed by atoms with van der Waals surface area (Å²) in [7, 11) is 0. The summed E-state index contributed by atoms with van der Waals surface area (Å²) in [4.78, 5) is 29.2. The molecule has 2 aliphatic rings. The summed E-state index contributed by atoms with van der Waals surface area (Å²) in [6.07, 6.45) is -2.30. The Balaban J connectivity index is 1.56. The Labute approximate surface area is 187 Å². The van der Waals surface area contributed by atoms with Crippen molar-refractivity contribution in [2.24, 2.45) is 4.99 Å². The number of nitrogens with one attached hydrogen (secondary N) is 1. The molecule has 168 valence electrons. The SMILES string of the molecule is O=C1NC(=O)N(c2ccc3c(c2)N=CC3)C1c1c(F)cc(-c2ccc(C(F)(F)F)s2)cc1F. The number of carbonyl (C=O) groups is 2. The van der Waals surface area contributed by atoms with Gasteiger partial charge >= 0.3 is 12.2 Å². The highest BCUT2D eigenvalue weighted by molar-refractivity contribution is 7.15. The monoisotopic (exact) mass is 477 g/mol. The molecular weight excluding hydrogens is 465 g/mol. The standard InChI is InChI=1S/C22H12F5N3O2S/c23-13-7-11(16-3-4-17(33-16)22(25,26)27)8-14(24)18(13)19-20(31)29-21(32)30(19)12-2-1-10-5-6-28-15(10)9-12/h1-4,6-9,19H,5H2,(H,29,31,32). The van der Waals surface area contributed by atoms with Crippen molar-refractivity contribution in [2.45, 2.75) is 18.6 Å². The maximum Gasteiger partial charge on any atom is 0.425 e. The average molecular weight is 477 g/mol. The molecule has 1 aromatic heterocycles. The number of nitrogens with zero attached hydrogens (tertiary/aromatic N) is 2. The first kappa shape index (κ1) is 21.3. The maximum absolute atomic E-state index is 15.1. The molecule has 0 radical (unpaired) electrons. The van der Waals surface area contributed by atoms with E-state index in [2.05, 4.69) is 10.3 Å². The Morgan fingerprint density at radius 2 is 1.76 bits per heavy atom. The molecule has 1 saturated heterocycles. The van der Waals surface area contributed by atoms with Gasteiger partial charge in [0.2, 0.25) is 0 Å². The van der Waals surface area contributed by atoms with Gasteiger partial charge in [0, 0.05) is 23.2 Å². The molecule has 33 heavy (non-hydrogen) atoms. The Hall–Kier alpha value is -3.60. The van der Waals surface area contributed by atoms with Crippen LogP contribution in [0.25, 0.3) is 10.4 Å². The van der Waals surface area contributed by atoms with Crippen molar-refractivity contribution in [1.29, 1.82) is 0 Å². The molecule has 1 atom stereocenters. The number of hydrogen-bond acceptors (Lipinski definition) is 4. The number of anilines is 1. The number of urea groups is 1. The lowest BCUT2D eigenvalue weighted by Crippen LogP contribution is -2.30. The van der Waals surface area contributed by atoms with Crippen LogP contribution >= 0.6 is 11.3 Å². The molecule has 3 aromatic rings. The van der Waals surface area contributed by atoms with E-state index in [9.17, 15) is 22.8 Å². The fourth-order valence-corrected chi connectivity index (χ4v) is 4.73. The second-order valence-electron chi connectivity index (χ2n) is 7.41. The first-order valence-electron chi connectivity index (χ1n) is 9.59. The molecule has 2 aliphatic heterocycles. The van der Waals surface area contributed by atoms with Gasteiger partial charge in [-0.15, -0.1) is 11.3 Å². The molecule has 2 aromatic carbocycles. The molecule has 11 heteroatoms. The van der Waals surface area contributed by atoms with Gasteiger partial charge in [-0.1, -0.05) is 6.07 Å². The number of imide groups is 1. The van der Waals surface area contributed by atoms with Crippen molar-refractivity contribution in [3.63, 3.8) is 0 Å². The van der Waals surface area contributed by atoms with E-state index in [1.54, 1.807) is 24.4 Å². The van der Waals surface area contributed by atoms with Crippen LogP contribution in [0.2, 0.25) is 0 Å². The fraction of sp³-hybridized carbons (Fsp3) is 0.136. The van der Waals surface area contributed by atoms with Gasteiger partial charge in [-0.05, 0) is 47.5 Å². The van der Waals surface area contributed by atoms with E-state index in [-0.39, 0.29) is 16.1 Å². The molecule has 3 heterocycles. The number of carbonyl (C=O) groups excluding carboxylic acids is 2. The third-order valence-electron chi connectivity index (χ3n) is 5.37. The van der Waals surface area contributed by atoms with Gasteiger partial charge < -0.3 is 0 Å². The Morgan fingerprint density at radius 1 is 1.03 bits per heavy atom. The molecule has 3 amide bonds. The number of halogens is 5. The number of rotatable bonds is 3. The van der Waals surface area contributed by atoms with Crippen molar-refractivity contribution < 1.29 is 31.5 Å². The number of amides is 3. The predicted octanol–water partition coefficient (Wildman–Crippen LogP) is 5.77. The van der Waals surface area contributed by atoms with Crippen molar-refractivity contribution >= 4 is 40.9 Å². The van der Waals surface area contributed by atoms with Crippen LogP contribution in [0.15, 0.2) is 47.5 Å². The Morgan fingerprint density at radius 3 is 2.42 bits per heavy atom. The second-order valence-corrected chi connectivity index (χ2v) is 8.49. The molecule has 0 saturated carbocycles. The molecule has 1 N–H and O–H groups in total. The smallest absolute Gasteiger partial charge is 0.277 e. The van der Waals surface area contributed by atoms with Crippen LogP contribution in [0.5, 0.6) is 0 Å². The van der Waals surface area contributed by atoms with Crippen LogP contribution in [-0.2, 0) is 17.4 Å². The zero-order chi connectivity index (χ0) is 23.5. The van der Waals surface area contributed by atoms with Crippen LogP contribution < -0.4 is 10.2 Å². The van der Waals surface area contributed by atoms with E-state index in [4.69, 9.17) is 0 Å². The zero-order valence-corrected chi connectivity index (χ0v) is 17.2. The van der Waals surface area contributed by atoms with E-state index >= 15 is 8.78 Å². The lowest BCUT2D eigenvalue weighted by atomic mass is 10.0. The number of thiophene rings is 1. The zero-order valence-electron chi connectivity index (χ0n) is 16.4. The van der Waals surface area contributed by atoms with Crippen LogP contribution in [0, 0.1) is 11.6 Å². The topological polar surface area (TPSA) is 61.8 Å². The minimum absolute atomic E-state index is 0.00645. The molecule has 5 rings (SSSR count). The van der Waals surface area contributed by atoms with Crippen LogP contribution in [0.4, 0.5) is 38.1 Å². The third-order valence-corrected chi connectivity index (χ3v) is 6.55. The highest BCUT2D eigenvalue weighted by Crippen LogP contribution is 2.41. The summed E-state index contributed by atoms with van der Waals surface area (Å²) >= 11 is 0.343. The lowest BCUT2D eigenvalue weighted by Gasteiger charge is -2.23. The summed E-state index contributed by atoms with van der Waals surface area (Å²) in [5, 5.41) is 2.06. The van der Waals surface area contributed by atoms with Crippen molar-refractivity contribution in [2.75, 3.05) is 4.90 Å². The lowest BCUT2D eigenvalue weighted by molar-refractivity contribution is -0.134. The third kappa shape index (κ3) is 3.58. The van der Waals surface area contributed by atoms with E-state index < -0.39 is 46.2 Å².